The van der Waals surface area contributed by atoms with Crippen LogP contribution in [0.5, 0.6) is 0 Å². The van der Waals surface area contributed by atoms with Crippen molar-refractivity contribution in [3.8, 4) is 0 Å². The molecule has 88 valence electrons. The first-order valence-corrected chi connectivity index (χ1v) is 6.89. The molecule has 0 aromatic rings. The van der Waals surface area contributed by atoms with Crippen LogP contribution in [-0.2, 0) is 0 Å². The van der Waals surface area contributed by atoms with E-state index in [1.165, 1.54) is 44.9 Å². The topological polar surface area (TPSA) is 27.3 Å². The van der Waals surface area contributed by atoms with Crippen LogP contribution in [0.2, 0.25) is 0 Å². The summed E-state index contributed by atoms with van der Waals surface area (Å²) in [5.74, 6) is 0. The molecule has 4 heteroatoms. The van der Waals surface area contributed by atoms with Gasteiger partial charge in [-0.1, -0.05) is 19.3 Å². The summed E-state index contributed by atoms with van der Waals surface area (Å²) >= 11 is 0. The van der Waals surface area contributed by atoms with Crippen molar-refractivity contribution in [2.75, 3.05) is 6.54 Å². The Morgan fingerprint density at radius 3 is 2.44 bits per heavy atom. The van der Waals surface area contributed by atoms with Crippen LogP contribution >= 0.6 is 0 Å². The average Bonchev–Trinajstić information content (AvgIpc) is 2.69. The third kappa shape index (κ3) is 1.91. The van der Waals surface area contributed by atoms with E-state index >= 15 is 0 Å². The van der Waals surface area contributed by atoms with E-state index in [1.54, 1.807) is 0 Å². The monoisotopic (exact) mass is 219 g/mol. The predicted octanol–water partition coefficient (Wildman–Crippen LogP) is 0.754. The highest BCUT2D eigenvalue weighted by Crippen LogP contribution is 2.30. The van der Waals surface area contributed by atoms with Crippen LogP contribution in [0.4, 0.5) is 0 Å². The van der Waals surface area contributed by atoms with Crippen molar-refractivity contribution in [2.24, 2.45) is 0 Å². The van der Waals surface area contributed by atoms with Gasteiger partial charge >= 0.3 is 0 Å². The van der Waals surface area contributed by atoms with Crippen molar-refractivity contribution in [1.82, 2.24) is 15.4 Å². The maximum Gasteiger partial charge on any atom is 0.185 e. The molecular formula is C12H22BN3. The SMILES string of the molecule is [B]N1C2CCCCC2NC1C1CCCCN1. The fourth-order valence-electron chi connectivity index (χ4n) is 3.65. The van der Waals surface area contributed by atoms with E-state index in [0.29, 0.717) is 24.3 Å². The van der Waals surface area contributed by atoms with Crippen LogP contribution in [-0.4, -0.2) is 43.6 Å². The Kier molecular flexibility index (Phi) is 3.23. The van der Waals surface area contributed by atoms with E-state index < -0.39 is 0 Å². The summed E-state index contributed by atoms with van der Waals surface area (Å²) in [6.45, 7) is 1.16. The van der Waals surface area contributed by atoms with Crippen LogP contribution in [0.25, 0.3) is 0 Å². The van der Waals surface area contributed by atoms with Crippen molar-refractivity contribution in [2.45, 2.75) is 69.2 Å². The fraction of sp³-hybridized carbons (Fsp3) is 1.00. The zero-order valence-corrected chi connectivity index (χ0v) is 9.99. The molecule has 16 heavy (non-hydrogen) atoms. The van der Waals surface area contributed by atoms with Crippen LogP contribution in [0.1, 0.15) is 44.9 Å². The van der Waals surface area contributed by atoms with Gasteiger partial charge in [0.2, 0.25) is 0 Å². The van der Waals surface area contributed by atoms with Crippen molar-refractivity contribution in [3.05, 3.63) is 0 Å². The van der Waals surface area contributed by atoms with E-state index in [-0.39, 0.29) is 0 Å². The molecule has 1 saturated carbocycles. The number of fused-ring (bicyclic) bond motifs is 1. The third-order valence-electron chi connectivity index (χ3n) is 4.55. The summed E-state index contributed by atoms with van der Waals surface area (Å²) in [4.78, 5) is 2.12. The van der Waals surface area contributed by atoms with Gasteiger partial charge in [0, 0.05) is 18.1 Å². The highest BCUT2D eigenvalue weighted by Gasteiger charge is 2.41. The molecular weight excluding hydrogens is 197 g/mol. The van der Waals surface area contributed by atoms with Gasteiger partial charge in [-0.2, -0.15) is 0 Å². The summed E-state index contributed by atoms with van der Waals surface area (Å²) in [6, 6.07) is 1.79. The largest absolute Gasteiger partial charge is 0.334 e. The molecule has 0 bridgehead atoms. The molecule has 1 aliphatic carbocycles. The summed E-state index contributed by atoms with van der Waals surface area (Å²) in [7, 11) is 6.30. The number of hydrogen-bond donors (Lipinski definition) is 2. The molecule has 3 aliphatic rings. The molecule has 4 unspecified atom stereocenters. The van der Waals surface area contributed by atoms with Crippen LogP contribution in [0.15, 0.2) is 0 Å². The molecule has 2 aliphatic heterocycles. The number of piperidine rings is 1. The standard InChI is InChI=1S/C12H22BN3/c13-16-11-7-2-1-5-9(11)15-12(16)10-6-3-4-8-14-10/h9-12,14-15H,1-8H2. The minimum Gasteiger partial charge on any atom is -0.334 e. The molecule has 2 saturated heterocycles. The van der Waals surface area contributed by atoms with Crippen LogP contribution in [0.3, 0.4) is 0 Å². The predicted molar refractivity (Wildman–Crippen MR) is 66.2 cm³/mol. The lowest BCUT2D eigenvalue weighted by molar-refractivity contribution is 0.223. The van der Waals surface area contributed by atoms with E-state index in [9.17, 15) is 0 Å². The molecule has 3 fully saturated rings. The second-order valence-corrected chi connectivity index (χ2v) is 5.57. The maximum absolute atomic E-state index is 6.30. The molecule has 0 aromatic carbocycles. The lowest BCUT2D eigenvalue weighted by Gasteiger charge is -2.35. The molecule has 0 spiro atoms. The lowest BCUT2D eigenvalue weighted by Crippen LogP contribution is -2.54. The molecule has 0 amide bonds. The molecule has 2 heterocycles. The molecule has 2 N–H and O–H groups in total. The number of hydrogen-bond acceptors (Lipinski definition) is 3. The van der Waals surface area contributed by atoms with Gasteiger partial charge in [-0.25, -0.2) is 0 Å². The highest BCUT2D eigenvalue weighted by molar-refractivity contribution is 6.05. The summed E-state index contributed by atoms with van der Waals surface area (Å²) in [5.41, 5.74) is 0. The van der Waals surface area contributed by atoms with Gasteiger partial charge in [-0.15, -0.1) is 0 Å². The Labute approximate surface area is 99.8 Å². The molecule has 4 atom stereocenters. The van der Waals surface area contributed by atoms with Crippen molar-refractivity contribution in [3.63, 3.8) is 0 Å². The van der Waals surface area contributed by atoms with Gasteiger partial charge < -0.3 is 10.1 Å². The zero-order chi connectivity index (χ0) is 11.0. The first kappa shape index (κ1) is 11.1. The van der Waals surface area contributed by atoms with Gasteiger partial charge in [-0.05, 0) is 32.2 Å². The number of rotatable bonds is 1. The molecule has 0 aromatic heterocycles. The van der Waals surface area contributed by atoms with E-state index in [4.69, 9.17) is 7.98 Å². The first-order chi connectivity index (χ1) is 7.86. The van der Waals surface area contributed by atoms with Crippen molar-refractivity contribution >= 4 is 7.98 Å². The third-order valence-corrected chi connectivity index (χ3v) is 4.55. The van der Waals surface area contributed by atoms with Gasteiger partial charge in [0.1, 0.15) is 0 Å². The highest BCUT2D eigenvalue weighted by atomic mass is 15.3. The molecule has 3 nitrogen and oxygen atoms in total. The van der Waals surface area contributed by atoms with E-state index in [2.05, 4.69) is 15.4 Å². The Bertz CT molecular complexity index is 242. The van der Waals surface area contributed by atoms with Crippen LogP contribution < -0.4 is 10.6 Å². The number of nitrogens with zero attached hydrogens (tertiary/aromatic N) is 1. The van der Waals surface area contributed by atoms with E-state index in [1.807, 2.05) is 0 Å². The van der Waals surface area contributed by atoms with Crippen molar-refractivity contribution < 1.29 is 0 Å². The van der Waals surface area contributed by atoms with Crippen LogP contribution in [0, 0.1) is 0 Å². The Morgan fingerprint density at radius 2 is 1.69 bits per heavy atom. The quantitative estimate of drug-likeness (QED) is 0.637. The maximum atomic E-state index is 6.30. The normalized spacial score (nSPS) is 45.5. The lowest BCUT2D eigenvalue weighted by atomic mass is 9.90. The van der Waals surface area contributed by atoms with Crippen molar-refractivity contribution in [1.29, 1.82) is 0 Å². The molecule has 3 rings (SSSR count). The van der Waals surface area contributed by atoms with Gasteiger partial charge in [0.05, 0.1) is 6.17 Å². The number of nitrogens with one attached hydrogen (secondary N) is 2. The first-order valence-electron chi connectivity index (χ1n) is 6.89. The summed E-state index contributed by atoms with van der Waals surface area (Å²) in [5, 5.41) is 7.37. The smallest absolute Gasteiger partial charge is 0.185 e. The van der Waals surface area contributed by atoms with Gasteiger partial charge in [0.25, 0.3) is 0 Å². The van der Waals surface area contributed by atoms with Gasteiger partial charge in [-0.3, -0.25) is 5.32 Å². The molecule has 2 radical (unpaired) electrons. The average molecular weight is 219 g/mol. The summed E-state index contributed by atoms with van der Waals surface area (Å²) in [6.07, 6.45) is 9.60. The Morgan fingerprint density at radius 1 is 0.938 bits per heavy atom. The minimum absolute atomic E-state index is 0.369. The second-order valence-electron chi connectivity index (χ2n) is 5.57. The Hall–Kier alpha value is -0.0551. The fourth-order valence-corrected chi connectivity index (χ4v) is 3.65. The second kappa shape index (κ2) is 4.67. The summed E-state index contributed by atoms with van der Waals surface area (Å²) < 4.78 is 0. The van der Waals surface area contributed by atoms with E-state index in [0.717, 1.165) is 6.54 Å². The zero-order valence-electron chi connectivity index (χ0n) is 9.99. The Balaban J connectivity index is 1.67. The minimum atomic E-state index is 0.369. The van der Waals surface area contributed by atoms with Gasteiger partial charge in [0.15, 0.2) is 7.98 Å².